The van der Waals surface area contributed by atoms with E-state index in [-0.39, 0.29) is 17.4 Å². The van der Waals surface area contributed by atoms with Crippen molar-refractivity contribution in [3.63, 3.8) is 0 Å². The number of pyridine rings is 1. The first-order valence-corrected chi connectivity index (χ1v) is 10.3. The zero-order chi connectivity index (χ0) is 22.1. The first-order valence-electron chi connectivity index (χ1n) is 10.3. The Kier molecular flexibility index (Phi) is 5.03. The van der Waals surface area contributed by atoms with Gasteiger partial charge in [-0.3, -0.25) is 14.6 Å². The molecule has 0 radical (unpaired) electrons. The highest BCUT2D eigenvalue weighted by atomic mass is 16.4. The Balaban J connectivity index is 1.42. The van der Waals surface area contributed by atoms with E-state index < -0.39 is 5.91 Å². The lowest BCUT2D eigenvalue weighted by Gasteiger charge is -2.13. The van der Waals surface area contributed by atoms with E-state index in [1.807, 2.05) is 37.3 Å². The van der Waals surface area contributed by atoms with Crippen molar-refractivity contribution in [3.05, 3.63) is 83.3 Å². The summed E-state index contributed by atoms with van der Waals surface area (Å²) < 4.78 is 11.0. The van der Waals surface area contributed by atoms with E-state index in [2.05, 4.69) is 20.8 Å². The van der Waals surface area contributed by atoms with Gasteiger partial charge < -0.3 is 14.2 Å². The van der Waals surface area contributed by atoms with Crippen LogP contribution in [0.4, 0.5) is 5.69 Å². The van der Waals surface area contributed by atoms with Gasteiger partial charge in [-0.15, -0.1) is 0 Å². The SMILES string of the molecule is Cc1c(C(=O)Nc2cccc3ncccc23)oc2c1/C(=N/NC(=O)c1ccco1)CCC2. The normalized spacial score (nSPS) is 14.3. The number of anilines is 1. The van der Waals surface area contributed by atoms with Crippen molar-refractivity contribution < 1.29 is 18.4 Å². The van der Waals surface area contributed by atoms with Crippen LogP contribution in [0.3, 0.4) is 0 Å². The molecule has 0 unspecified atom stereocenters. The summed E-state index contributed by atoms with van der Waals surface area (Å²) in [6, 6.07) is 12.5. The van der Waals surface area contributed by atoms with Crippen molar-refractivity contribution in [2.45, 2.75) is 26.2 Å². The van der Waals surface area contributed by atoms with Crippen LogP contribution in [-0.4, -0.2) is 22.5 Å². The van der Waals surface area contributed by atoms with Gasteiger partial charge in [0.05, 0.1) is 23.2 Å². The van der Waals surface area contributed by atoms with Crippen LogP contribution in [0.15, 0.2) is 68.9 Å². The number of nitrogens with one attached hydrogen (secondary N) is 2. The fourth-order valence-electron chi connectivity index (χ4n) is 3.97. The molecule has 3 heterocycles. The second kappa shape index (κ2) is 8.14. The summed E-state index contributed by atoms with van der Waals surface area (Å²) in [4.78, 5) is 29.6. The number of benzene rings is 1. The molecule has 5 rings (SSSR count). The average Bonchev–Trinajstić information content (AvgIpc) is 3.47. The molecule has 2 amide bonds. The number of hydrazone groups is 1. The summed E-state index contributed by atoms with van der Waals surface area (Å²) in [5, 5.41) is 8.08. The number of carbonyl (C=O) groups is 2. The van der Waals surface area contributed by atoms with E-state index in [1.54, 1.807) is 18.3 Å². The molecule has 8 heteroatoms. The fraction of sp³-hybridized carbons (Fsp3) is 0.167. The lowest BCUT2D eigenvalue weighted by molar-refractivity contribution is 0.0926. The minimum absolute atomic E-state index is 0.180. The van der Waals surface area contributed by atoms with Crippen LogP contribution in [0.25, 0.3) is 10.9 Å². The molecule has 0 fully saturated rings. The standard InChI is InChI=1S/C24H20N4O4/c1-14-21-18(27-28-23(29)20-11-5-13-31-20)9-3-10-19(21)32-22(14)24(30)26-17-8-2-7-16-15(17)6-4-12-25-16/h2,4-8,11-13H,3,9-10H2,1H3,(H,26,30)(H,28,29)/b27-18+. The molecule has 8 nitrogen and oxygen atoms in total. The van der Waals surface area contributed by atoms with Crippen LogP contribution >= 0.6 is 0 Å². The number of nitrogens with zero attached hydrogens (tertiary/aromatic N) is 2. The van der Waals surface area contributed by atoms with E-state index in [0.29, 0.717) is 35.6 Å². The van der Waals surface area contributed by atoms with Crippen molar-refractivity contribution in [3.8, 4) is 0 Å². The Morgan fingerprint density at radius 1 is 1.06 bits per heavy atom. The average molecular weight is 428 g/mol. The zero-order valence-electron chi connectivity index (χ0n) is 17.3. The van der Waals surface area contributed by atoms with Crippen LogP contribution in [0, 0.1) is 6.92 Å². The number of rotatable bonds is 4. The van der Waals surface area contributed by atoms with Gasteiger partial charge >= 0.3 is 5.91 Å². The molecule has 1 aliphatic carbocycles. The van der Waals surface area contributed by atoms with E-state index in [4.69, 9.17) is 8.83 Å². The van der Waals surface area contributed by atoms with Crippen LogP contribution in [0.5, 0.6) is 0 Å². The predicted octanol–water partition coefficient (Wildman–Crippen LogP) is 4.45. The Bertz CT molecular complexity index is 1350. The van der Waals surface area contributed by atoms with Gasteiger partial charge in [-0.2, -0.15) is 5.10 Å². The van der Waals surface area contributed by atoms with Crippen LogP contribution in [0.1, 0.15) is 50.8 Å². The number of carbonyl (C=O) groups excluding carboxylic acids is 2. The van der Waals surface area contributed by atoms with Gasteiger partial charge in [0.1, 0.15) is 5.76 Å². The highest BCUT2D eigenvalue weighted by molar-refractivity contribution is 6.11. The highest BCUT2D eigenvalue weighted by Crippen LogP contribution is 2.31. The zero-order valence-corrected chi connectivity index (χ0v) is 17.3. The summed E-state index contributed by atoms with van der Waals surface area (Å²) in [6.07, 6.45) is 5.32. The smallest absolute Gasteiger partial charge is 0.307 e. The summed E-state index contributed by atoms with van der Waals surface area (Å²) in [5.41, 5.74) is 6.14. The molecule has 0 bridgehead atoms. The lowest BCUT2D eigenvalue weighted by Crippen LogP contribution is -2.21. The Hall–Kier alpha value is -4.20. The number of hydrogen-bond acceptors (Lipinski definition) is 6. The second-order valence-electron chi connectivity index (χ2n) is 7.51. The summed E-state index contributed by atoms with van der Waals surface area (Å²) in [7, 11) is 0. The molecular weight excluding hydrogens is 408 g/mol. The van der Waals surface area contributed by atoms with Crippen LogP contribution < -0.4 is 10.7 Å². The monoisotopic (exact) mass is 428 g/mol. The Morgan fingerprint density at radius 3 is 2.81 bits per heavy atom. The molecule has 0 aliphatic heterocycles. The molecule has 3 aromatic heterocycles. The minimum Gasteiger partial charge on any atom is -0.459 e. The lowest BCUT2D eigenvalue weighted by atomic mass is 9.93. The van der Waals surface area contributed by atoms with Gasteiger partial charge in [-0.05, 0) is 56.2 Å². The van der Waals surface area contributed by atoms with Crippen molar-refractivity contribution in [1.82, 2.24) is 10.4 Å². The number of aromatic nitrogens is 1. The highest BCUT2D eigenvalue weighted by Gasteiger charge is 2.28. The topological polar surface area (TPSA) is 110 Å². The Morgan fingerprint density at radius 2 is 1.97 bits per heavy atom. The molecule has 32 heavy (non-hydrogen) atoms. The van der Waals surface area contributed by atoms with Crippen molar-refractivity contribution in [2.75, 3.05) is 5.32 Å². The van der Waals surface area contributed by atoms with Gasteiger partial charge in [0.25, 0.3) is 5.91 Å². The van der Waals surface area contributed by atoms with E-state index in [0.717, 1.165) is 22.9 Å². The molecule has 1 aromatic carbocycles. The molecular formula is C24H20N4O4. The largest absolute Gasteiger partial charge is 0.459 e. The molecule has 0 spiro atoms. The summed E-state index contributed by atoms with van der Waals surface area (Å²) in [6.45, 7) is 1.83. The maximum Gasteiger partial charge on any atom is 0.307 e. The first kappa shape index (κ1) is 19.7. The summed E-state index contributed by atoms with van der Waals surface area (Å²) >= 11 is 0. The van der Waals surface area contributed by atoms with Crippen molar-refractivity contribution >= 4 is 34.1 Å². The van der Waals surface area contributed by atoms with Gasteiger partial charge in [0.15, 0.2) is 11.5 Å². The molecule has 0 saturated carbocycles. The number of fused-ring (bicyclic) bond motifs is 2. The maximum absolute atomic E-state index is 13.1. The molecule has 4 aromatic rings. The molecule has 0 atom stereocenters. The van der Waals surface area contributed by atoms with Gasteiger partial charge in [-0.25, -0.2) is 5.43 Å². The quantitative estimate of drug-likeness (QED) is 0.467. The number of amides is 2. The second-order valence-corrected chi connectivity index (χ2v) is 7.51. The third-order valence-electron chi connectivity index (χ3n) is 5.46. The third kappa shape index (κ3) is 3.56. The third-order valence-corrected chi connectivity index (χ3v) is 5.46. The van der Waals surface area contributed by atoms with E-state index in [9.17, 15) is 9.59 Å². The van der Waals surface area contributed by atoms with E-state index in [1.165, 1.54) is 6.26 Å². The van der Waals surface area contributed by atoms with Gasteiger partial charge in [0.2, 0.25) is 0 Å². The number of hydrogen-bond donors (Lipinski definition) is 2. The summed E-state index contributed by atoms with van der Waals surface area (Å²) in [5.74, 6) is 0.344. The predicted molar refractivity (Wildman–Crippen MR) is 119 cm³/mol. The van der Waals surface area contributed by atoms with Crippen molar-refractivity contribution in [1.29, 1.82) is 0 Å². The molecule has 1 aliphatic rings. The van der Waals surface area contributed by atoms with Gasteiger partial charge in [-0.1, -0.05) is 6.07 Å². The van der Waals surface area contributed by atoms with Crippen molar-refractivity contribution in [2.24, 2.45) is 5.10 Å². The van der Waals surface area contributed by atoms with E-state index >= 15 is 0 Å². The molecule has 2 N–H and O–H groups in total. The number of furan rings is 2. The fourth-order valence-corrected chi connectivity index (χ4v) is 3.97. The minimum atomic E-state index is -0.432. The molecule has 0 saturated heterocycles. The maximum atomic E-state index is 13.1. The number of aryl methyl sites for hydroxylation is 1. The van der Waals surface area contributed by atoms with Crippen LogP contribution in [-0.2, 0) is 6.42 Å². The Labute approximate surface area is 183 Å². The first-order chi connectivity index (χ1) is 15.6. The van der Waals surface area contributed by atoms with Crippen LogP contribution in [0.2, 0.25) is 0 Å². The molecule has 160 valence electrons. The van der Waals surface area contributed by atoms with Gasteiger partial charge in [0, 0.05) is 29.1 Å².